The van der Waals surface area contributed by atoms with E-state index in [0.29, 0.717) is 49.0 Å². The summed E-state index contributed by atoms with van der Waals surface area (Å²) >= 11 is 0. The molecule has 2 N–H and O–H groups in total. The quantitative estimate of drug-likeness (QED) is 0.224. The van der Waals surface area contributed by atoms with E-state index in [1.807, 2.05) is 77.9 Å². The zero-order valence-electron chi connectivity index (χ0n) is 32.9. The zero-order valence-corrected chi connectivity index (χ0v) is 32.9. The van der Waals surface area contributed by atoms with E-state index in [1.165, 1.54) is 0 Å². The molecule has 4 atom stereocenters. The lowest BCUT2D eigenvalue weighted by Gasteiger charge is -2.32. The summed E-state index contributed by atoms with van der Waals surface area (Å²) in [5, 5.41) is 6.02. The van der Waals surface area contributed by atoms with Crippen LogP contribution in [0.25, 0.3) is 22.8 Å². The third-order valence-corrected chi connectivity index (χ3v) is 11.0. The molecule has 4 amide bonds. The normalized spacial score (nSPS) is 23.3. The van der Waals surface area contributed by atoms with Gasteiger partial charge in [-0.2, -0.15) is 0 Å². The standard InChI is InChI=1S/C43H55N5O7/c1-42(2,3)54-32-21-34(47(24-32)40(51)28-9-7-10-28)37(49)45-30-17-13-26(14-18-30)36-23-44-39(53-36)27-15-19-31(20-16-27)46-38(50)35-22-33(55-43(4,5)6)25-48(35)41(52)29-11-8-12-29/h13-20,23,28-29,32-35H,7-12,21-22,24-25H2,1-6H3,(H,45,49)(H,46,50)/t32-,33-,34+,35+/m1/s1. The first-order chi connectivity index (χ1) is 26.1. The summed E-state index contributed by atoms with van der Waals surface area (Å²) in [6.07, 6.45) is 7.78. The molecule has 2 saturated carbocycles. The van der Waals surface area contributed by atoms with E-state index >= 15 is 0 Å². The average Bonchev–Trinajstić information content (AvgIpc) is 3.81. The molecule has 0 radical (unpaired) electrons. The molecule has 7 rings (SSSR count). The monoisotopic (exact) mass is 753 g/mol. The SMILES string of the molecule is CC(C)(C)O[C@@H]1C[C@@H](C(=O)Nc2ccc(-c3cnc(-c4ccc(NC(=O)[C@@H]5C[C@@H](OC(C)(C)C)CN5C(=O)C5CCC5)cc4)o3)cc2)N(C(=O)C2CCC2)C1. The molecule has 2 saturated heterocycles. The maximum Gasteiger partial charge on any atom is 0.247 e. The number of hydrogen-bond donors (Lipinski definition) is 2. The van der Waals surface area contributed by atoms with E-state index in [9.17, 15) is 19.2 Å². The molecule has 0 bridgehead atoms. The fourth-order valence-corrected chi connectivity index (χ4v) is 7.94. The fourth-order valence-electron chi connectivity index (χ4n) is 7.94. The number of hydrogen-bond acceptors (Lipinski definition) is 8. The van der Waals surface area contributed by atoms with E-state index in [-0.39, 0.29) is 58.9 Å². The summed E-state index contributed by atoms with van der Waals surface area (Å²) in [7, 11) is 0. The molecule has 2 aliphatic carbocycles. The van der Waals surface area contributed by atoms with Crippen molar-refractivity contribution in [1.82, 2.24) is 14.8 Å². The Kier molecular flexibility index (Phi) is 10.9. The summed E-state index contributed by atoms with van der Waals surface area (Å²) in [5.41, 5.74) is 2.00. The molecule has 0 unspecified atom stereocenters. The number of carbonyl (C=O) groups excluding carboxylic acids is 4. The highest BCUT2D eigenvalue weighted by molar-refractivity contribution is 5.99. The molecule has 4 aliphatic rings. The van der Waals surface area contributed by atoms with Gasteiger partial charge in [-0.05, 0) is 116 Å². The van der Waals surface area contributed by atoms with Crippen LogP contribution in [0.1, 0.15) is 92.9 Å². The van der Waals surface area contributed by atoms with Gasteiger partial charge in [0.25, 0.3) is 0 Å². The number of carbonyl (C=O) groups is 4. The topological polar surface area (TPSA) is 143 Å². The van der Waals surface area contributed by atoms with E-state index in [0.717, 1.165) is 49.7 Å². The smallest absolute Gasteiger partial charge is 0.247 e. The van der Waals surface area contributed by atoms with Crippen molar-refractivity contribution in [3.63, 3.8) is 0 Å². The Morgan fingerprint density at radius 3 is 1.45 bits per heavy atom. The highest BCUT2D eigenvalue weighted by atomic mass is 16.5. The van der Waals surface area contributed by atoms with Gasteiger partial charge in [0, 0.05) is 60.3 Å². The van der Waals surface area contributed by atoms with Crippen LogP contribution in [-0.2, 0) is 28.7 Å². The molecular weight excluding hydrogens is 699 g/mol. The minimum Gasteiger partial charge on any atom is -0.436 e. The van der Waals surface area contributed by atoms with Crippen LogP contribution in [0.5, 0.6) is 0 Å². The summed E-state index contributed by atoms with van der Waals surface area (Å²) < 4.78 is 18.5. The predicted octanol–water partition coefficient (Wildman–Crippen LogP) is 7.06. The molecule has 2 aliphatic heterocycles. The fraction of sp³-hybridized carbons (Fsp3) is 0.558. The van der Waals surface area contributed by atoms with Crippen LogP contribution in [0, 0.1) is 11.8 Å². The number of nitrogens with zero attached hydrogens (tertiary/aromatic N) is 3. The molecule has 12 heteroatoms. The Hall–Kier alpha value is -4.55. The highest BCUT2D eigenvalue weighted by Crippen LogP contribution is 2.35. The Bertz CT molecular complexity index is 1730. The molecule has 3 heterocycles. The Morgan fingerprint density at radius 2 is 1.07 bits per heavy atom. The molecule has 3 aromatic rings. The van der Waals surface area contributed by atoms with Gasteiger partial charge in [-0.1, -0.05) is 12.8 Å². The predicted molar refractivity (Wildman–Crippen MR) is 209 cm³/mol. The largest absolute Gasteiger partial charge is 0.436 e. The van der Waals surface area contributed by atoms with Crippen molar-refractivity contribution in [3.05, 3.63) is 54.7 Å². The van der Waals surface area contributed by atoms with Gasteiger partial charge in [0.2, 0.25) is 29.5 Å². The number of aromatic nitrogens is 1. The number of ether oxygens (including phenoxy) is 2. The second kappa shape index (κ2) is 15.5. The van der Waals surface area contributed by atoms with E-state index in [1.54, 1.807) is 28.1 Å². The van der Waals surface area contributed by atoms with Crippen LogP contribution < -0.4 is 10.6 Å². The number of nitrogens with one attached hydrogen (secondary N) is 2. The maximum atomic E-state index is 13.5. The summed E-state index contributed by atoms with van der Waals surface area (Å²) in [6.45, 7) is 12.8. The first kappa shape index (κ1) is 38.7. The molecule has 0 spiro atoms. The van der Waals surface area contributed by atoms with Gasteiger partial charge in [-0.3, -0.25) is 19.2 Å². The molecule has 1 aromatic heterocycles. The average molecular weight is 754 g/mol. The summed E-state index contributed by atoms with van der Waals surface area (Å²) in [6, 6.07) is 13.4. The number of benzene rings is 2. The van der Waals surface area contributed by atoms with Crippen LogP contribution >= 0.6 is 0 Å². The number of amides is 4. The Labute approximate surface area is 323 Å². The summed E-state index contributed by atoms with van der Waals surface area (Å²) in [5.74, 6) is 0.637. The number of anilines is 2. The van der Waals surface area contributed by atoms with Gasteiger partial charge >= 0.3 is 0 Å². The van der Waals surface area contributed by atoms with Gasteiger partial charge in [0.15, 0.2) is 5.76 Å². The lowest BCUT2D eigenvalue weighted by Crippen LogP contribution is -2.47. The van der Waals surface area contributed by atoms with Crippen LogP contribution in [-0.4, -0.2) is 87.0 Å². The van der Waals surface area contributed by atoms with E-state index in [2.05, 4.69) is 15.6 Å². The second-order valence-electron chi connectivity index (χ2n) is 17.6. The van der Waals surface area contributed by atoms with Crippen molar-refractivity contribution >= 4 is 35.0 Å². The van der Waals surface area contributed by atoms with Gasteiger partial charge in [-0.15, -0.1) is 0 Å². The van der Waals surface area contributed by atoms with Crippen molar-refractivity contribution in [2.24, 2.45) is 11.8 Å². The first-order valence-corrected chi connectivity index (χ1v) is 19.9. The van der Waals surface area contributed by atoms with Crippen LogP contribution in [0.4, 0.5) is 11.4 Å². The van der Waals surface area contributed by atoms with Crippen molar-refractivity contribution < 1.29 is 33.1 Å². The zero-order chi connectivity index (χ0) is 39.1. The molecule has 4 fully saturated rings. The van der Waals surface area contributed by atoms with Crippen LogP contribution in [0.2, 0.25) is 0 Å². The van der Waals surface area contributed by atoms with Gasteiger partial charge < -0.3 is 34.3 Å². The Balaban J connectivity index is 0.961. The lowest BCUT2D eigenvalue weighted by atomic mass is 9.84. The lowest BCUT2D eigenvalue weighted by molar-refractivity contribution is -0.143. The molecule has 2 aromatic carbocycles. The Morgan fingerprint density at radius 1 is 0.655 bits per heavy atom. The molecule has 294 valence electrons. The van der Waals surface area contributed by atoms with Crippen molar-refractivity contribution in [2.75, 3.05) is 23.7 Å². The van der Waals surface area contributed by atoms with Gasteiger partial charge in [0.05, 0.1) is 29.6 Å². The number of likely N-dealkylation sites (tertiary alicyclic amines) is 2. The van der Waals surface area contributed by atoms with Gasteiger partial charge in [0.1, 0.15) is 12.1 Å². The second-order valence-corrected chi connectivity index (χ2v) is 17.6. The third-order valence-electron chi connectivity index (χ3n) is 11.0. The van der Waals surface area contributed by atoms with Crippen LogP contribution in [0.3, 0.4) is 0 Å². The highest BCUT2D eigenvalue weighted by Gasteiger charge is 2.45. The molecule has 55 heavy (non-hydrogen) atoms. The summed E-state index contributed by atoms with van der Waals surface area (Å²) in [4.78, 5) is 61.5. The number of oxazole rings is 1. The molecular formula is C43H55N5O7. The van der Waals surface area contributed by atoms with Crippen molar-refractivity contribution in [3.8, 4) is 22.8 Å². The van der Waals surface area contributed by atoms with Gasteiger partial charge in [-0.25, -0.2) is 4.98 Å². The maximum absolute atomic E-state index is 13.5. The number of rotatable bonds is 10. The first-order valence-electron chi connectivity index (χ1n) is 19.9. The van der Waals surface area contributed by atoms with Crippen LogP contribution in [0.15, 0.2) is 59.1 Å². The van der Waals surface area contributed by atoms with E-state index < -0.39 is 12.1 Å². The molecule has 12 nitrogen and oxygen atoms in total. The van der Waals surface area contributed by atoms with Crippen molar-refractivity contribution in [1.29, 1.82) is 0 Å². The minimum atomic E-state index is -0.590. The van der Waals surface area contributed by atoms with E-state index in [4.69, 9.17) is 13.9 Å². The van der Waals surface area contributed by atoms with Crippen molar-refractivity contribution in [2.45, 2.75) is 128 Å². The third kappa shape index (κ3) is 9.13. The minimum absolute atomic E-state index is 0.00153.